The lowest BCUT2D eigenvalue weighted by Crippen LogP contribution is -2.34. The van der Waals surface area contributed by atoms with Crippen LogP contribution in [0.25, 0.3) is 0 Å². The molecule has 0 radical (unpaired) electrons. The third kappa shape index (κ3) is 4.43. The Morgan fingerprint density at radius 3 is 2.81 bits per heavy atom. The number of thiazole rings is 1. The van der Waals surface area contributed by atoms with E-state index in [1.54, 1.807) is 0 Å². The molecule has 0 aromatic carbocycles. The number of nitrogens with zero attached hydrogens (tertiary/aromatic N) is 2. The van der Waals surface area contributed by atoms with Gasteiger partial charge in [0.15, 0.2) is 5.13 Å². The fourth-order valence-corrected chi connectivity index (χ4v) is 4.33. The third-order valence-electron chi connectivity index (χ3n) is 4.38. The Labute approximate surface area is 134 Å². The molecule has 4 heteroatoms. The molecule has 1 saturated heterocycles. The van der Waals surface area contributed by atoms with Gasteiger partial charge in [-0.1, -0.05) is 40.0 Å². The number of rotatable bonds is 7. The zero-order valence-corrected chi connectivity index (χ0v) is 14.8. The van der Waals surface area contributed by atoms with Gasteiger partial charge in [-0.25, -0.2) is 4.98 Å². The summed E-state index contributed by atoms with van der Waals surface area (Å²) in [5.41, 5.74) is 1.33. The SMILES string of the molecule is CCCc1nc(N2CCCCCC2CC)sc1CNCC. The first-order chi connectivity index (χ1) is 10.3. The molecule has 2 heterocycles. The van der Waals surface area contributed by atoms with Crippen LogP contribution in [0.4, 0.5) is 5.13 Å². The summed E-state index contributed by atoms with van der Waals surface area (Å²) in [4.78, 5) is 9.08. The highest BCUT2D eigenvalue weighted by Crippen LogP contribution is 2.32. The largest absolute Gasteiger partial charge is 0.345 e. The second kappa shape index (κ2) is 8.74. The lowest BCUT2D eigenvalue weighted by atomic mass is 10.1. The summed E-state index contributed by atoms with van der Waals surface area (Å²) in [6.45, 7) is 9.94. The summed E-state index contributed by atoms with van der Waals surface area (Å²) < 4.78 is 0. The first-order valence-corrected chi connectivity index (χ1v) is 9.57. The molecule has 1 atom stereocenters. The minimum atomic E-state index is 0.695. The predicted octanol–water partition coefficient (Wildman–Crippen LogP) is 4.36. The van der Waals surface area contributed by atoms with Gasteiger partial charge in [0.25, 0.3) is 0 Å². The standard InChI is InChI=1S/C17H31N3S/c1-4-10-15-16(13-18-6-3)21-17(19-15)20-12-9-7-8-11-14(20)5-2/h14,18H,4-13H2,1-3H3. The summed E-state index contributed by atoms with van der Waals surface area (Å²) >= 11 is 1.93. The minimum Gasteiger partial charge on any atom is -0.345 e. The summed E-state index contributed by atoms with van der Waals surface area (Å²) in [7, 11) is 0. The quantitative estimate of drug-likeness (QED) is 0.811. The van der Waals surface area contributed by atoms with Crippen LogP contribution < -0.4 is 10.2 Å². The molecular weight excluding hydrogens is 278 g/mol. The van der Waals surface area contributed by atoms with E-state index in [9.17, 15) is 0 Å². The van der Waals surface area contributed by atoms with E-state index in [1.165, 1.54) is 60.8 Å². The highest BCUT2D eigenvalue weighted by atomic mass is 32.1. The molecular formula is C17H31N3S. The normalized spacial score (nSPS) is 19.8. The van der Waals surface area contributed by atoms with E-state index in [-0.39, 0.29) is 0 Å². The molecule has 1 aromatic rings. The van der Waals surface area contributed by atoms with Crippen LogP contribution in [0.5, 0.6) is 0 Å². The number of anilines is 1. The third-order valence-corrected chi connectivity index (χ3v) is 5.52. The Morgan fingerprint density at radius 1 is 1.24 bits per heavy atom. The van der Waals surface area contributed by atoms with E-state index in [1.807, 2.05) is 11.3 Å². The Morgan fingerprint density at radius 2 is 2.10 bits per heavy atom. The van der Waals surface area contributed by atoms with Crippen molar-refractivity contribution in [2.75, 3.05) is 18.0 Å². The van der Waals surface area contributed by atoms with E-state index in [2.05, 4.69) is 31.0 Å². The summed E-state index contributed by atoms with van der Waals surface area (Å²) in [5, 5.41) is 4.75. The van der Waals surface area contributed by atoms with Gasteiger partial charge in [-0.2, -0.15) is 0 Å². The van der Waals surface area contributed by atoms with Crippen molar-refractivity contribution in [1.29, 1.82) is 0 Å². The molecule has 120 valence electrons. The van der Waals surface area contributed by atoms with Crippen molar-refractivity contribution < 1.29 is 0 Å². The molecule has 1 fully saturated rings. The molecule has 1 unspecified atom stereocenters. The highest BCUT2D eigenvalue weighted by Gasteiger charge is 2.23. The molecule has 0 saturated carbocycles. The van der Waals surface area contributed by atoms with Crippen LogP contribution in [0.15, 0.2) is 0 Å². The molecule has 21 heavy (non-hydrogen) atoms. The summed E-state index contributed by atoms with van der Waals surface area (Å²) in [6.07, 6.45) is 8.95. The van der Waals surface area contributed by atoms with Crippen LogP contribution >= 0.6 is 11.3 Å². The van der Waals surface area contributed by atoms with Crippen LogP contribution in [0.2, 0.25) is 0 Å². The van der Waals surface area contributed by atoms with E-state index >= 15 is 0 Å². The maximum Gasteiger partial charge on any atom is 0.186 e. The fourth-order valence-electron chi connectivity index (χ4n) is 3.15. The monoisotopic (exact) mass is 309 g/mol. The van der Waals surface area contributed by atoms with Gasteiger partial charge >= 0.3 is 0 Å². The number of nitrogens with one attached hydrogen (secondary N) is 1. The zero-order valence-electron chi connectivity index (χ0n) is 14.0. The van der Waals surface area contributed by atoms with Gasteiger partial charge < -0.3 is 10.2 Å². The molecule has 1 N–H and O–H groups in total. The molecule has 1 aliphatic heterocycles. The van der Waals surface area contributed by atoms with Crippen molar-refractivity contribution in [2.45, 2.75) is 78.3 Å². The fraction of sp³-hybridized carbons (Fsp3) is 0.824. The molecule has 1 aromatic heterocycles. The van der Waals surface area contributed by atoms with E-state index in [0.29, 0.717) is 6.04 Å². The van der Waals surface area contributed by atoms with E-state index in [0.717, 1.165) is 19.5 Å². The summed E-state index contributed by atoms with van der Waals surface area (Å²) in [5.74, 6) is 0. The molecule has 0 spiro atoms. The lowest BCUT2D eigenvalue weighted by Gasteiger charge is -2.28. The molecule has 0 amide bonds. The Kier molecular flexibility index (Phi) is 6.97. The topological polar surface area (TPSA) is 28.2 Å². The first kappa shape index (κ1) is 16.8. The van der Waals surface area contributed by atoms with Crippen LogP contribution in [0, 0.1) is 0 Å². The second-order valence-corrected chi connectivity index (χ2v) is 7.06. The molecule has 0 bridgehead atoms. The molecule has 0 aliphatic carbocycles. The number of hydrogen-bond donors (Lipinski definition) is 1. The number of hydrogen-bond acceptors (Lipinski definition) is 4. The van der Waals surface area contributed by atoms with E-state index in [4.69, 9.17) is 4.98 Å². The van der Waals surface area contributed by atoms with Crippen LogP contribution in [-0.4, -0.2) is 24.1 Å². The van der Waals surface area contributed by atoms with Crippen molar-refractivity contribution >= 4 is 16.5 Å². The Hall–Kier alpha value is -0.610. The van der Waals surface area contributed by atoms with Crippen molar-refractivity contribution in [1.82, 2.24) is 10.3 Å². The van der Waals surface area contributed by atoms with Crippen LogP contribution in [0.3, 0.4) is 0 Å². The van der Waals surface area contributed by atoms with Crippen molar-refractivity contribution in [3.63, 3.8) is 0 Å². The van der Waals surface area contributed by atoms with Crippen molar-refractivity contribution in [3.8, 4) is 0 Å². The van der Waals surface area contributed by atoms with Gasteiger partial charge in [-0.15, -0.1) is 11.3 Å². The van der Waals surface area contributed by atoms with Crippen LogP contribution in [-0.2, 0) is 13.0 Å². The van der Waals surface area contributed by atoms with Gasteiger partial charge in [0.2, 0.25) is 0 Å². The van der Waals surface area contributed by atoms with Gasteiger partial charge in [0, 0.05) is 24.0 Å². The van der Waals surface area contributed by atoms with Gasteiger partial charge in [0.05, 0.1) is 5.69 Å². The summed E-state index contributed by atoms with van der Waals surface area (Å²) in [6, 6.07) is 0.695. The second-order valence-electron chi connectivity index (χ2n) is 6.00. The minimum absolute atomic E-state index is 0.695. The zero-order chi connectivity index (χ0) is 15.1. The average Bonchev–Trinajstić information content (AvgIpc) is 2.73. The maximum absolute atomic E-state index is 5.02. The lowest BCUT2D eigenvalue weighted by molar-refractivity contribution is 0.555. The molecule has 2 rings (SSSR count). The molecule has 3 nitrogen and oxygen atoms in total. The average molecular weight is 310 g/mol. The van der Waals surface area contributed by atoms with Gasteiger partial charge in [0.1, 0.15) is 0 Å². The van der Waals surface area contributed by atoms with Crippen molar-refractivity contribution in [3.05, 3.63) is 10.6 Å². The van der Waals surface area contributed by atoms with E-state index < -0.39 is 0 Å². The number of aryl methyl sites for hydroxylation is 1. The van der Waals surface area contributed by atoms with Gasteiger partial charge in [-0.05, 0) is 32.2 Å². The first-order valence-electron chi connectivity index (χ1n) is 8.76. The smallest absolute Gasteiger partial charge is 0.186 e. The number of aromatic nitrogens is 1. The highest BCUT2D eigenvalue weighted by molar-refractivity contribution is 7.15. The Bertz CT molecular complexity index is 416. The van der Waals surface area contributed by atoms with Gasteiger partial charge in [-0.3, -0.25) is 0 Å². The van der Waals surface area contributed by atoms with Crippen molar-refractivity contribution in [2.24, 2.45) is 0 Å². The maximum atomic E-state index is 5.02. The molecule has 1 aliphatic rings. The Balaban J connectivity index is 2.19. The predicted molar refractivity (Wildman–Crippen MR) is 93.4 cm³/mol. The van der Waals surface area contributed by atoms with Crippen LogP contribution in [0.1, 0.15) is 69.9 Å².